The van der Waals surface area contributed by atoms with E-state index in [-0.39, 0.29) is 28.9 Å². The summed E-state index contributed by atoms with van der Waals surface area (Å²) in [6.45, 7) is 6.22. The minimum absolute atomic E-state index is 0.0949. The molecule has 9 nitrogen and oxygen atoms in total. The molecule has 1 unspecified atom stereocenters. The zero-order chi connectivity index (χ0) is 22.8. The van der Waals surface area contributed by atoms with Gasteiger partial charge in [0.1, 0.15) is 0 Å². The summed E-state index contributed by atoms with van der Waals surface area (Å²) in [4.78, 5) is 55.6. The molecule has 2 aliphatic heterocycles. The Labute approximate surface area is 186 Å². The van der Waals surface area contributed by atoms with Gasteiger partial charge in [0.05, 0.1) is 35.1 Å². The minimum Gasteiger partial charge on any atom is -0.343 e. The molecule has 1 aromatic carbocycles. The number of benzene rings is 1. The van der Waals surface area contributed by atoms with E-state index in [1.54, 1.807) is 34.1 Å². The van der Waals surface area contributed by atoms with Crippen LogP contribution in [0.3, 0.4) is 0 Å². The number of rotatable bonds is 5. The lowest BCUT2D eigenvalue weighted by molar-refractivity contribution is -0.136. The maximum atomic E-state index is 13.1. The van der Waals surface area contributed by atoms with E-state index in [0.29, 0.717) is 37.4 Å². The topological polar surface area (TPSA) is 104 Å². The lowest BCUT2D eigenvalue weighted by Gasteiger charge is -2.34. The van der Waals surface area contributed by atoms with Gasteiger partial charge in [-0.1, -0.05) is 0 Å². The number of anilines is 1. The molecule has 9 heteroatoms. The van der Waals surface area contributed by atoms with E-state index in [0.717, 1.165) is 17.7 Å². The first-order chi connectivity index (χ1) is 15.5. The van der Waals surface area contributed by atoms with Gasteiger partial charge in [0, 0.05) is 31.7 Å². The van der Waals surface area contributed by atoms with Crippen molar-refractivity contribution in [1.82, 2.24) is 20.0 Å². The number of fused-ring (bicyclic) bond motifs is 1. The van der Waals surface area contributed by atoms with Crippen molar-refractivity contribution in [3.63, 3.8) is 0 Å². The summed E-state index contributed by atoms with van der Waals surface area (Å²) in [6.07, 6.45) is 4.11. The largest absolute Gasteiger partial charge is 0.343 e. The van der Waals surface area contributed by atoms with Gasteiger partial charge in [-0.05, 0) is 51.0 Å². The van der Waals surface area contributed by atoms with Crippen LogP contribution in [0.15, 0.2) is 36.7 Å². The Hall–Kier alpha value is -3.62. The maximum absolute atomic E-state index is 13.1. The molecular formula is C23H25N5O4. The number of carbonyl (C=O) groups excluding carboxylic acids is 4. The third-order valence-corrected chi connectivity index (χ3v) is 6.10. The van der Waals surface area contributed by atoms with Crippen molar-refractivity contribution in [3.05, 3.63) is 53.3 Å². The molecule has 166 valence electrons. The van der Waals surface area contributed by atoms with Gasteiger partial charge in [0.25, 0.3) is 17.7 Å². The van der Waals surface area contributed by atoms with Crippen LogP contribution in [-0.2, 0) is 4.79 Å². The molecule has 1 saturated heterocycles. The fraction of sp³-hybridized carbons (Fsp3) is 0.391. The summed E-state index contributed by atoms with van der Waals surface area (Å²) in [7, 11) is 0. The van der Waals surface area contributed by atoms with Crippen LogP contribution >= 0.6 is 0 Å². The van der Waals surface area contributed by atoms with Crippen LogP contribution in [0.1, 0.15) is 57.8 Å². The standard InChI is InChI=1S/C23H25N5O4/c1-3-26(4-2)21(30)16-6-5-11-27(14-16)20(29)15-7-9-17(10-8-15)28-22(31)18-12-24-25-13-19(18)23(28)32/h7-10,12-13,16H,3-6,11,14H2,1-2H3. The summed E-state index contributed by atoms with van der Waals surface area (Å²) in [6, 6.07) is 6.37. The number of likely N-dealkylation sites (tertiary alicyclic amines) is 1. The minimum atomic E-state index is -0.465. The Morgan fingerprint density at radius 3 is 2.16 bits per heavy atom. The second kappa shape index (κ2) is 8.86. The number of carbonyl (C=O) groups is 4. The van der Waals surface area contributed by atoms with E-state index in [1.807, 2.05) is 13.8 Å². The Kier molecular flexibility index (Phi) is 5.98. The molecule has 0 N–H and O–H groups in total. The molecule has 0 radical (unpaired) electrons. The van der Waals surface area contributed by atoms with Crippen molar-refractivity contribution in [2.45, 2.75) is 26.7 Å². The molecule has 0 bridgehead atoms. The van der Waals surface area contributed by atoms with E-state index < -0.39 is 11.8 Å². The highest BCUT2D eigenvalue weighted by molar-refractivity contribution is 6.34. The molecule has 0 spiro atoms. The van der Waals surface area contributed by atoms with Crippen LogP contribution in [0.4, 0.5) is 5.69 Å². The fourth-order valence-electron chi connectivity index (χ4n) is 4.32. The third kappa shape index (κ3) is 3.74. The van der Waals surface area contributed by atoms with Crippen molar-refractivity contribution in [1.29, 1.82) is 0 Å². The van der Waals surface area contributed by atoms with E-state index in [4.69, 9.17) is 0 Å². The first kappa shape index (κ1) is 21.6. The Bertz CT molecular complexity index is 1030. The highest BCUT2D eigenvalue weighted by Gasteiger charge is 2.37. The van der Waals surface area contributed by atoms with E-state index >= 15 is 0 Å². The second-order valence-electron chi connectivity index (χ2n) is 7.91. The zero-order valence-corrected chi connectivity index (χ0v) is 18.2. The highest BCUT2D eigenvalue weighted by Crippen LogP contribution is 2.28. The van der Waals surface area contributed by atoms with E-state index in [2.05, 4.69) is 10.2 Å². The predicted octanol–water partition coefficient (Wildman–Crippen LogP) is 2.00. The van der Waals surface area contributed by atoms with Crippen LogP contribution in [0, 0.1) is 5.92 Å². The summed E-state index contributed by atoms with van der Waals surface area (Å²) in [5, 5.41) is 7.34. The average Bonchev–Trinajstić information content (AvgIpc) is 3.09. The lowest BCUT2D eigenvalue weighted by atomic mass is 9.95. The first-order valence-electron chi connectivity index (χ1n) is 10.8. The molecule has 4 amide bonds. The van der Waals surface area contributed by atoms with Crippen molar-refractivity contribution in [2.24, 2.45) is 5.92 Å². The molecule has 2 aromatic rings. The number of aromatic nitrogens is 2. The third-order valence-electron chi connectivity index (χ3n) is 6.10. The first-order valence-corrected chi connectivity index (χ1v) is 10.8. The number of nitrogens with zero attached hydrogens (tertiary/aromatic N) is 5. The Morgan fingerprint density at radius 2 is 1.59 bits per heavy atom. The molecule has 2 aliphatic rings. The van der Waals surface area contributed by atoms with E-state index in [9.17, 15) is 19.2 Å². The van der Waals surface area contributed by atoms with Gasteiger partial charge in [0.2, 0.25) is 5.91 Å². The van der Waals surface area contributed by atoms with Crippen LogP contribution in [0.2, 0.25) is 0 Å². The highest BCUT2D eigenvalue weighted by atomic mass is 16.2. The number of imide groups is 1. The van der Waals surface area contributed by atoms with Gasteiger partial charge in [-0.15, -0.1) is 0 Å². The van der Waals surface area contributed by atoms with Crippen LogP contribution in [0.25, 0.3) is 0 Å². The number of piperidine rings is 1. The molecule has 1 fully saturated rings. The predicted molar refractivity (Wildman–Crippen MR) is 116 cm³/mol. The van der Waals surface area contributed by atoms with Gasteiger partial charge in [0.15, 0.2) is 0 Å². The van der Waals surface area contributed by atoms with Gasteiger partial charge in [-0.2, -0.15) is 10.2 Å². The molecule has 1 aromatic heterocycles. The number of hydrogen-bond donors (Lipinski definition) is 0. The van der Waals surface area contributed by atoms with Crippen molar-refractivity contribution in [3.8, 4) is 0 Å². The monoisotopic (exact) mass is 435 g/mol. The maximum Gasteiger partial charge on any atom is 0.267 e. The summed E-state index contributed by atoms with van der Waals surface area (Å²) in [5.74, 6) is -1.19. The van der Waals surface area contributed by atoms with Crippen molar-refractivity contribution >= 4 is 29.3 Å². The van der Waals surface area contributed by atoms with Crippen LogP contribution in [-0.4, -0.2) is 69.8 Å². The van der Waals surface area contributed by atoms with Crippen LogP contribution in [0.5, 0.6) is 0 Å². The fourth-order valence-corrected chi connectivity index (χ4v) is 4.32. The van der Waals surface area contributed by atoms with E-state index in [1.165, 1.54) is 12.4 Å². The normalized spacial score (nSPS) is 18.0. The average molecular weight is 435 g/mol. The lowest BCUT2D eigenvalue weighted by Crippen LogP contribution is -2.46. The molecule has 3 heterocycles. The Morgan fingerprint density at radius 1 is 1.00 bits per heavy atom. The smallest absolute Gasteiger partial charge is 0.267 e. The van der Waals surface area contributed by atoms with Crippen LogP contribution < -0.4 is 4.90 Å². The molecule has 1 atom stereocenters. The van der Waals surface area contributed by atoms with Gasteiger partial charge in [-0.3, -0.25) is 19.2 Å². The Balaban J connectivity index is 1.48. The van der Waals surface area contributed by atoms with Gasteiger partial charge >= 0.3 is 0 Å². The second-order valence-corrected chi connectivity index (χ2v) is 7.91. The molecule has 0 saturated carbocycles. The number of hydrogen-bond acceptors (Lipinski definition) is 6. The van der Waals surface area contributed by atoms with Gasteiger partial charge in [-0.25, -0.2) is 4.90 Å². The molecule has 32 heavy (non-hydrogen) atoms. The molecule has 0 aliphatic carbocycles. The van der Waals surface area contributed by atoms with Crippen molar-refractivity contribution in [2.75, 3.05) is 31.1 Å². The SMILES string of the molecule is CCN(CC)C(=O)C1CCCN(C(=O)c2ccc(N3C(=O)c4cnncc4C3=O)cc2)C1. The van der Waals surface area contributed by atoms with Crippen molar-refractivity contribution < 1.29 is 19.2 Å². The quantitative estimate of drug-likeness (QED) is 0.666. The summed E-state index contributed by atoms with van der Waals surface area (Å²) >= 11 is 0. The zero-order valence-electron chi connectivity index (χ0n) is 18.2. The molecule has 4 rings (SSSR count). The summed E-state index contributed by atoms with van der Waals surface area (Å²) in [5.41, 5.74) is 1.25. The summed E-state index contributed by atoms with van der Waals surface area (Å²) < 4.78 is 0. The number of amides is 4. The molecular weight excluding hydrogens is 410 g/mol. The van der Waals surface area contributed by atoms with Gasteiger partial charge < -0.3 is 9.80 Å².